The largest absolute Gasteiger partial charge is 0.480 e. The SMILES string of the molecule is CN1CCC(CN(C)C(=O)N(CC(=O)O)C2CC2)CC1. The summed E-state index contributed by atoms with van der Waals surface area (Å²) in [7, 11) is 3.91. The van der Waals surface area contributed by atoms with Gasteiger partial charge >= 0.3 is 12.0 Å². The zero-order valence-electron chi connectivity index (χ0n) is 12.4. The van der Waals surface area contributed by atoms with Crippen LogP contribution >= 0.6 is 0 Å². The first-order chi connectivity index (χ1) is 9.47. The van der Waals surface area contributed by atoms with Gasteiger partial charge in [0.1, 0.15) is 6.54 Å². The first-order valence-corrected chi connectivity index (χ1v) is 7.39. The summed E-state index contributed by atoms with van der Waals surface area (Å²) in [5, 5.41) is 8.92. The lowest BCUT2D eigenvalue weighted by atomic mass is 9.97. The van der Waals surface area contributed by atoms with Crippen molar-refractivity contribution >= 4 is 12.0 Å². The maximum absolute atomic E-state index is 12.4. The van der Waals surface area contributed by atoms with Crippen LogP contribution in [0.5, 0.6) is 0 Å². The van der Waals surface area contributed by atoms with Gasteiger partial charge in [0.15, 0.2) is 0 Å². The number of piperidine rings is 1. The number of carboxylic acids is 1. The van der Waals surface area contributed by atoms with Gasteiger partial charge in [0, 0.05) is 19.6 Å². The molecule has 1 heterocycles. The van der Waals surface area contributed by atoms with Gasteiger partial charge in [-0.05, 0) is 51.7 Å². The van der Waals surface area contributed by atoms with E-state index >= 15 is 0 Å². The second-order valence-electron chi connectivity index (χ2n) is 6.16. The molecule has 0 aromatic rings. The first kappa shape index (κ1) is 15.1. The summed E-state index contributed by atoms with van der Waals surface area (Å²) in [6, 6.07) is 0.00682. The number of likely N-dealkylation sites (tertiary alicyclic amines) is 1. The third-order valence-corrected chi connectivity index (χ3v) is 4.24. The normalized spacial score (nSPS) is 20.7. The van der Waals surface area contributed by atoms with E-state index in [0.29, 0.717) is 5.92 Å². The van der Waals surface area contributed by atoms with Gasteiger partial charge in [-0.2, -0.15) is 0 Å². The van der Waals surface area contributed by atoms with E-state index in [9.17, 15) is 9.59 Å². The van der Waals surface area contributed by atoms with Crippen LogP contribution in [0.15, 0.2) is 0 Å². The molecule has 6 heteroatoms. The maximum atomic E-state index is 12.4. The molecular formula is C14H25N3O3. The second kappa shape index (κ2) is 6.43. The summed E-state index contributed by atoms with van der Waals surface area (Å²) >= 11 is 0. The molecule has 2 aliphatic rings. The third kappa shape index (κ3) is 4.10. The minimum Gasteiger partial charge on any atom is -0.480 e. The Hall–Kier alpha value is -1.30. The highest BCUT2D eigenvalue weighted by molar-refractivity contribution is 5.80. The van der Waals surface area contributed by atoms with Crippen LogP contribution in [0.3, 0.4) is 0 Å². The van der Waals surface area contributed by atoms with E-state index in [1.54, 1.807) is 11.9 Å². The van der Waals surface area contributed by atoms with Gasteiger partial charge in [-0.15, -0.1) is 0 Å². The molecule has 1 aliphatic carbocycles. The summed E-state index contributed by atoms with van der Waals surface area (Å²) in [4.78, 5) is 28.8. The van der Waals surface area contributed by atoms with E-state index in [1.807, 2.05) is 0 Å². The van der Waals surface area contributed by atoms with Crippen LogP contribution in [0.2, 0.25) is 0 Å². The fourth-order valence-corrected chi connectivity index (χ4v) is 2.81. The number of carbonyl (C=O) groups excluding carboxylic acids is 1. The Bertz CT molecular complexity index is 363. The van der Waals surface area contributed by atoms with E-state index < -0.39 is 5.97 Å². The number of carboxylic acid groups (broad SMARTS) is 1. The number of aliphatic carboxylic acids is 1. The predicted octanol–water partition coefficient (Wildman–Crippen LogP) is 0.929. The summed E-state index contributed by atoms with van der Waals surface area (Å²) < 4.78 is 0. The molecule has 114 valence electrons. The van der Waals surface area contributed by atoms with Crippen molar-refractivity contribution in [1.29, 1.82) is 0 Å². The Balaban J connectivity index is 1.85. The Morgan fingerprint density at radius 3 is 2.30 bits per heavy atom. The molecule has 0 radical (unpaired) electrons. The molecule has 0 unspecified atom stereocenters. The molecule has 0 aromatic heterocycles. The zero-order valence-corrected chi connectivity index (χ0v) is 12.4. The van der Waals surface area contributed by atoms with Crippen molar-refractivity contribution in [3.8, 4) is 0 Å². The number of amides is 2. The van der Waals surface area contributed by atoms with Crippen molar-refractivity contribution in [2.24, 2.45) is 5.92 Å². The van der Waals surface area contributed by atoms with Crippen LogP contribution in [0.1, 0.15) is 25.7 Å². The van der Waals surface area contributed by atoms with Crippen LogP contribution in [0, 0.1) is 5.92 Å². The van der Waals surface area contributed by atoms with Gasteiger partial charge in [0.05, 0.1) is 0 Å². The highest BCUT2D eigenvalue weighted by Gasteiger charge is 2.35. The highest BCUT2D eigenvalue weighted by Crippen LogP contribution is 2.28. The summed E-state index contributed by atoms with van der Waals surface area (Å²) in [6.07, 6.45) is 4.08. The lowest BCUT2D eigenvalue weighted by molar-refractivity contribution is -0.137. The molecule has 20 heavy (non-hydrogen) atoms. The number of nitrogens with zero attached hydrogens (tertiary/aromatic N) is 3. The van der Waals surface area contributed by atoms with Crippen molar-refractivity contribution in [2.75, 3.05) is 40.3 Å². The van der Waals surface area contributed by atoms with Crippen molar-refractivity contribution < 1.29 is 14.7 Å². The zero-order chi connectivity index (χ0) is 14.7. The lowest BCUT2D eigenvalue weighted by Gasteiger charge is -2.33. The van der Waals surface area contributed by atoms with Crippen molar-refractivity contribution in [3.05, 3.63) is 0 Å². The van der Waals surface area contributed by atoms with Gasteiger partial charge in [0.25, 0.3) is 0 Å². The number of rotatable bonds is 5. The monoisotopic (exact) mass is 283 g/mol. The molecule has 2 amide bonds. The quantitative estimate of drug-likeness (QED) is 0.815. The van der Waals surface area contributed by atoms with Gasteiger partial charge in [-0.1, -0.05) is 0 Å². The van der Waals surface area contributed by atoms with Gasteiger partial charge in [-0.25, -0.2) is 4.79 Å². The average Bonchev–Trinajstić information content (AvgIpc) is 3.22. The Labute approximate surface area is 120 Å². The minimum atomic E-state index is -0.932. The average molecular weight is 283 g/mol. The van der Waals surface area contributed by atoms with Crippen molar-refractivity contribution in [1.82, 2.24) is 14.7 Å². The van der Waals surface area contributed by atoms with Crippen LogP contribution in [-0.4, -0.2) is 78.1 Å². The van der Waals surface area contributed by atoms with Gasteiger partial charge < -0.3 is 19.8 Å². The van der Waals surface area contributed by atoms with Crippen LogP contribution in [0.4, 0.5) is 4.79 Å². The second-order valence-corrected chi connectivity index (χ2v) is 6.16. The van der Waals surface area contributed by atoms with Crippen LogP contribution in [0.25, 0.3) is 0 Å². The molecule has 1 N–H and O–H groups in total. The molecule has 0 aromatic carbocycles. The van der Waals surface area contributed by atoms with Crippen molar-refractivity contribution in [2.45, 2.75) is 31.7 Å². The number of hydrogen-bond donors (Lipinski definition) is 1. The topological polar surface area (TPSA) is 64.1 Å². The number of carbonyl (C=O) groups is 2. The molecule has 2 rings (SSSR count). The van der Waals surface area contributed by atoms with Gasteiger partial charge in [-0.3, -0.25) is 4.79 Å². The van der Waals surface area contributed by atoms with Crippen molar-refractivity contribution in [3.63, 3.8) is 0 Å². The smallest absolute Gasteiger partial charge is 0.323 e. The van der Waals surface area contributed by atoms with E-state index in [0.717, 1.165) is 45.3 Å². The Morgan fingerprint density at radius 1 is 1.20 bits per heavy atom. The molecule has 0 bridgehead atoms. The Kier molecular flexibility index (Phi) is 4.86. The van der Waals surface area contributed by atoms with Crippen LogP contribution < -0.4 is 0 Å². The van der Waals surface area contributed by atoms with E-state index in [1.165, 1.54) is 4.90 Å². The van der Waals surface area contributed by atoms with E-state index in [4.69, 9.17) is 5.11 Å². The lowest BCUT2D eigenvalue weighted by Crippen LogP contribution is -2.47. The molecule has 0 spiro atoms. The highest BCUT2D eigenvalue weighted by atomic mass is 16.4. The molecular weight excluding hydrogens is 258 g/mol. The molecule has 1 aliphatic heterocycles. The first-order valence-electron chi connectivity index (χ1n) is 7.39. The maximum Gasteiger partial charge on any atom is 0.323 e. The molecule has 6 nitrogen and oxygen atoms in total. The summed E-state index contributed by atoms with van der Waals surface area (Å²) in [5.41, 5.74) is 0. The van der Waals surface area contributed by atoms with Crippen LogP contribution in [-0.2, 0) is 4.79 Å². The summed E-state index contributed by atoms with van der Waals surface area (Å²) in [6.45, 7) is 2.71. The minimum absolute atomic E-state index is 0.131. The number of urea groups is 1. The summed E-state index contributed by atoms with van der Waals surface area (Å²) in [5.74, 6) is -0.399. The fourth-order valence-electron chi connectivity index (χ4n) is 2.81. The van der Waals surface area contributed by atoms with E-state index in [2.05, 4.69) is 11.9 Å². The Morgan fingerprint density at radius 2 is 1.80 bits per heavy atom. The fraction of sp³-hybridized carbons (Fsp3) is 0.857. The van der Waals surface area contributed by atoms with Gasteiger partial charge in [0.2, 0.25) is 0 Å². The van der Waals surface area contributed by atoms with E-state index in [-0.39, 0.29) is 18.6 Å². The number of hydrogen-bond acceptors (Lipinski definition) is 3. The molecule has 2 fully saturated rings. The third-order valence-electron chi connectivity index (χ3n) is 4.24. The predicted molar refractivity (Wildman–Crippen MR) is 75.6 cm³/mol. The molecule has 1 saturated carbocycles. The molecule has 0 atom stereocenters. The standard InChI is InChI=1S/C14H25N3O3/c1-15-7-5-11(6-8-15)9-16(2)14(20)17(10-13(18)19)12-3-4-12/h11-12H,3-10H2,1-2H3,(H,18,19). The molecule has 1 saturated heterocycles.